The molecule has 0 saturated heterocycles. The van der Waals surface area contributed by atoms with E-state index < -0.39 is 0 Å². The van der Waals surface area contributed by atoms with Crippen molar-refractivity contribution in [3.63, 3.8) is 0 Å². The first kappa shape index (κ1) is 38.3. The van der Waals surface area contributed by atoms with Gasteiger partial charge in [0.15, 0.2) is 0 Å². The van der Waals surface area contributed by atoms with E-state index in [9.17, 15) is 0 Å². The van der Waals surface area contributed by atoms with Crippen LogP contribution in [0.25, 0.3) is 31.7 Å². The summed E-state index contributed by atoms with van der Waals surface area (Å²) in [7, 11) is 0. The fraction of sp³-hybridized carbons (Fsp3) is 0.484. The molecule has 2 aromatic carbocycles. The molecule has 2 aliphatic rings. The van der Waals surface area contributed by atoms with Gasteiger partial charge in [-0.2, -0.15) is 0 Å². The van der Waals surface area contributed by atoms with Crippen molar-refractivity contribution in [3.05, 3.63) is 91.9 Å². The van der Waals surface area contributed by atoms with Crippen LogP contribution < -0.4 is 4.74 Å². The Kier molecular flexibility index (Phi) is 19.0. The minimum Gasteiger partial charge on any atom is -0.491 e. The molecule has 0 spiro atoms. The van der Waals surface area contributed by atoms with Gasteiger partial charge in [-0.3, -0.25) is 0 Å². The first-order chi connectivity index (χ1) is 23.8. The molecule has 0 fully saturated rings. The zero-order valence-corrected chi connectivity index (χ0v) is 29.7. The third-order valence-corrected chi connectivity index (χ3v) is 11.6. The summed E-state index contributed by atoms with van der Waals surface area (Å²) >= 11 is 6.96. The third-order valence-electron chi connectivity index (χ3n) is 6.33. The number of rotatable bonds is 25. The van der Waals surface area contributed by atoms with Crippen molar-refractivity contribution in [2.45, 2.75) is 6.61 Å². The zero-order valence-electron chi connectivity index (χ0n) is 26.4. The SMILES string of the molecule is [N-]=[N+]=NCCOCCOCC1=CS/C(=C2\SC=C(COCCOCCOc3cccc4c(COCCOCCN=[N+]=[N-])cccc34)S2)S1. The summed E-state index contributed by atoms with van der Waals surface area (Å²) in [5, 5.41) is 13.3. The average Bonchev–Trinajstić information content (AvgIpc) is 3.78. The van der Waals surface area contributed by atoms with E-state index in [1.807, 2.05) is 30.3 Å². The van der Waals surface area contributed by atoms with Gasteiger partial charge in [0, 0.05) is 38.1 Å². The molecule has 2 heterocycles. The molecule has 2 aliphatic heterocycles. The first-order valence-corrected chi connectivity index (χ1v) is 18.6. The summed E-state index contributed by atoms with van der Waals surface area (Å²) < 4.78 is 42.4. The molecule has 2 aromatic rings. The normalized spacial score (nSPS) is 15.7. The van der Waals surface area contributed by atoms with Crippen LogP contribution in [0.15, 0.2) is 75.7 Å². The van der Waals surface area contributed by atoms with Crippen LogP contribution in [-0.4, -0.2) is 92.4 Å². The summed E-state index contributed by atoms with van der Waals surface area (Å²) in [5.41, 5.74) is 17.6. The predicted octanol–water partition coefficient (Wildman–Crippen LogP) is 8.21. The number of benzene rings is 2. The maximum Gasteiger partial charge on any atom is 0.127 e. The van der Waals surface area contributed by atoms with Gasteiger partial charge in [0.25, 0.3) is 0 Å². The number of fused-ring (bicyclic) bond motifs is 1. The summed E-state index contributed by atoms with van der Waals surface area (Å²) in [6.45, 7) is 6.77. The second-order valence-electron chi connectivity index (χ2n) is 9.70. The summed E-state index contributed by atoms with van der Waals surface area (Å²) in [6.07, 6.45) is 0. The fourth-order valence-electron chi connectivity index (χ4n) is 4.18. The maximum absolute atomic E-state index is 8.29. The van der Waals surface area contributed by atoms with Crippen molar-refractivity contribution in [2.75, 3.05) is 92.4 Å². The molecule has 17 heteroatoms. The Labute approximate surface area is 296 Å². The van der Waals surface area contributed by atoms with Gasteiger partial charge in [0.2, 0.25) is 0 Å². The Morgan fingerprint density at radius 1 is 0.542 bits per heavy atom. The largest absolute Gasteiger partial charge is 0.491 e. The highest BCUT2D eigenvalue weighted by molar-refractivity contribution is 8.33. The predicted molar refractivity (Wildman–Crippen MR) is 195 cm³/mol. The van der Waals surface area contributed by atoms with Crippen molar-refractivity contribution in [3.8, 4) is 5.75 Å². The van der Waals surface area contributed by atoms with Crippen molar-refractivity contribution >= 4 is 57.8 Å². The number of thioether (sulfide) groups is 4. The van der Waals surface area contributed by atoms with Crippen LogP contribution in [-0.2, 0) is 35.0 Å². The summed E-state index contributed by atoms with van der Waals surface area (Å²) in [6, 6.07) is 12.1. The molecule has 13 nitrogen and oxygen atoms in total. The Morgan fingerprint density at radius 3 is 1.65 bits per heavy atom. The highest BCUT2D eigenvalue weighted by Crippen LogP contribution is 2.55. The molecule has 0 atom stereocenters. The van der Waals surface area contributed by atoms with Crippen molar-refractivity contribution in [1.82, 2.24) is 0 Å². The molecule has 48 heavy (non-hydrogen) atoms. The van der Waals surface area contributed by atoms with Crippen LogP contribution in [0.2, 0.25) is 0 Å². The zero-order chi connectivity index (χ0) is 33.5. The molecule has 4 rings (SSSR count). The quantitative estimate of drug-likeness (QED) is 0.0418. The maximum atomic E-state index is 8.29. The molecule has 258 valence electrons. The van der Waals surface area contributed by atoms with Gasteiger partial charge >= 0.3 is 0 Å². The van der Waals surface area contributed by atoms with E-state index in [0.29, 0.717) is 99.0 Å². The van der Waals surface area contributed by atoms with E-state index in [1.165, 1.54) is 18.3 Å². The monoisotopic (exact) mass is 734 g/mol. The Bertz CT molecular complexity index is 1500. The van der Waals surface area contributed by atoms with E-state index in [2.05, 4.69) is 36.9 Å². The lowest BCUT2D eigenvalue weighted by atomic mass is 10.0. The summed E-state index contributed by atoms with van der Waals surface area (Å²) in [4.78, 5) is 7.75. The second kappa shape index (κ2) is 23.8. The van der Waals surface area contributed by atoms with Gasteiger partial charge in [-0.25, -0.2) is 0 Å². The molecule has 0 bridgehead atoms. The first-order valence-electron chi connectivity index (χ1n) is 15.2. The number of hydrogen-bond donors (Lipinski definition) is 0. The summed E-state index contributed by atoms with van der Waals surface area (Å²) in [5.74, 6) is 0.807. The number of azide groups is 2. The van der Waals surface area contributed by atoms with Crippen molar-refractivity contribution in [1.29, 1.82) is 0 Å². The molecule has 0 aromatic heterocycles. The molecule has 0 N–H and O–H groups in total. The van der Waals surface area contributed by atoms with E-state index >= 15 is 0 Å². The lowest BCUT2D eigenvalue weighted by Gasteiger charge is -2.13. The van der Waals surface area contributed by atoms with Crippen LogP contribution in [0, 0.1) is 0 Å². The Balaban J connectivity index is 1.03. The Hall–Kier alpha value is -2.50. The lowest BCUT2D eigenvalue weighted by Crippen LogP contribution is -2.11. The fourth-order valence-corrected chi connectivity index (χ4v) is 8.98. The topological polar surface area (TPSA) is 162 Å². The van der Waals surface area contributed by atoms with E-state index in [4.69, 9.17) is 44.2 Å². The van der Waals surface area contributed by atoms with E-state index in [1.54, 1.807) is 47.0 Å². The number of ether oxygens (including phenoxy) is 7. The molecule has 0 saturated carbocycles. The molecular formula is C31H38N6O7S4. The highest BCUT2D eigenvalue weighted by atomic mass is 32.2. The van der Waals surface area contributed by atoms with Gasteiger partial charge in [-0.1, -0.05) is 87.6 Å². The van der Waals surface area contributed by atoms with Gasteiger partial charge in [-0.15, -0.1) is 0 Å². The van der Waals surface area contributed by atoms with Crippen LogP contribution >= 0.6 is 47.0 Å². The van der Waals surface area contributed by atoms with Crippen LogP contribution in [0.1, 0.15) is 5.56 Å². The van der Waals surface area contributed by atoms with E-state index in [0.717, 1.165) is 22.1 Å². The highest BCUT2D eigenvalue weighted by Gasteiger charge is 2.22. The minimum absolute atomic E-state index is 0.318. The third kappa shape index (κ3) is 14.2. The van der Waals surface area contributed by atoms with Gasteiger partial charge in [0.05, 0.1) is 87.8 Å². The standard InChI is InChI=1S/C31H38N6O7S4/c32-36-34-7-9-38-11-14-41-19-24-3-1-5-28-27(24)4-2-6-29(28)44-18-17-40-13-16-43-21-26-23-46-31(48-26)30-45-22-25(47-30)20-42-15-12-39-10-8-35-37-33/h1-6,22-23H,7-21H2/b31-30-. The van der Waals surface area contributed by atoms with E-state index in [-0.39, 0.29) is 0 Å². The minimum atomic E-state index is 0.318. The van der Waals surface area contributed by atoms with Gasteiger partial charge in [0.1, 0.15) is 12.4 Å². The van der Waals surface area contributed by atoms with Crippen LogP contribution in [0.3, 0.4) is 0 Å². The van der Waals surface area contributed by atoms with Crippen molar-refractivity contribution < 1.29 is 33.2 Å². The molecular weight excluding hydrogens is 697 g/mol. The smallest absolute Gasteiger partial charge is 0.127 e. The Morgan fingerprint density at radius 2 is 1.04 bits per heavy atom. The van der Waals surface area contributed by atoms with Crippen molar-refractivity contribution in [2.24, 2.45) is 10.2 Å². The van der Waals surface area contributed by atoms with Crippen LogP contribution in [0.5, 0.6) is 5.75 Å². The van der Waals surface area contributed by atoms with Gasteiger partial charge in [-0.05, 0) is 38.9 Å². The molecule has 0 radical (unpaired) electrons. The molecule has 0 amide bonds. The molecule has 0 unspecified atom stereocenters. The van der Waals surface area contributed by atoms with Crippen LogP contribution in [0.4, 0.5) is 0 Å². The molecule has 0 aliphatic carbocycles. The number of hydrogen-bond acceptors (Lipinski definition) is 13. The second-order valence-corrected chi connectivity index (χ2v) is 14.3. The lowest BCUT2D eigenvalue weighted by molar-refractivity contribution is 0.0437. The van der Waals surface area contributed by atoms with Gasteiger partial charge < -0.3 is 33.2 Å². The number of nitrogens with zero attached hydrogens (tertiary/aromatic N) is 6. The average molecular weight is 735 g/mol.